The van der Waals surface area contributed by atoms with Crippen LogP contribution >= 0.6 is 0 Å². The van der Waals surface area contributed by atoms with Crippen LogP contribution in [-0.2, 0) is 0 Å². The first kappa shape index (κ1) is 13.2. The van der Waals surface area contributed by atoms with Gasteiger partial charge in [-0.05, 0) is 30.3 Å². The van der Waals surface area contributed by atoms with E-state index in [-0.39, 0.29) is 16.9 Å². The van der Waals surface area contributed by atoms with Gasteiger partial charge in [0.05, 0.1) is 5.52 Å². The second-order valence-electron chi connectivity index (χ2n) is 4.44. The van der Waals surface area contributed by atoms with Gasteiger partial charge in [-0.2, -0.15) is 0 Å². The van der Waals surface area contributed by atoms with E-state index in [2.05, 4.69) is 10.3 Å². The number of pyridine rings is 1. The van der Waals surface area contributed by atoms with Crippen molar-refractivity contribution in [1.29, 1.82) is 0 Å². The number of nitrogens with zero attached hydrogens (tertiary/aromatic N) is 1. The molecule has 0 saturated heterocycles. The highest BCUT2D eigenvalue weighted by Gasteiger charge is 2.16. The zero-order valence-electron chi connectivity index (χ0n) is 10.7. The molecule has 1 aromatic heterocycles. The molecule has 0 unspecified atom stereocenters. The first-order chi connectivity index (χ1) is 10.1. The molecule has 0 fully saturated rings. The van der Waals surface area contributed by atoms with Crippen LogP contribution in [0.15, 0.2) is 42.6 Å². The average Bonchev–Trinajstić information content (AvgIpc) is 2.46. The Bertz CT molecular complexity index is 814. The molecular formula is C15H10F3N3. The first-order valence-electron chi connectivity index (χ1n) is 6.11. The molecule has 0 radical (unpaired) electrons. The largest absolute Gasteiger partial charge is 0.398 e. The van der Waals surface area contributed by atoms with Gasteiger partial charge in [0.15, 0.2) is 5.82 Å². The highest BCUT2D eigenvalue weighted by molar-refractivity contribution is 5.99. The molecule has 0 saturated carbocycles. The predicted octanol–water partition coefficient (Wildman–Crippen LogP) is 3.98. The van der Waals surface area contributed by atoms with Crippen LogP contribution in [0.1, 0.15) is 0 Å². The lowest BCUT2D eigenvalue weighted by Gasteiger charge is -2.13. The number of fused-ring (bicyclic) bond motifs is 1. The van der Waals surface area contributed by atoms with E-state index in [9.17, 15) is 13.2 Å². The molecule has 0 aliphatic rings. The second-order valence-corrected chi connectivity index (χ2v) is 4.44. The number of nitrogens with one attached hydrogen (secondary N) is 1. The van der Waals surface area contributed by atoms with Crippen molar-refractivity contribution in [3.63, 3.8) is 0 Å². The SMILES string of the molecule is Nc1cc(F)c(Nc2c(F)cccc2F)c2ncccc12. The molecule has 3 aromatic rings. The normalized spacial score (nSPS) is 10.8. The quantitative estimate of drug-likeness (QED) is 0.702. The number of aromatic nitrogens is 1. The summed E-state index contributed by atoms with van der Waals surface area (Å²) >= 11 is 0. The highest BCUT2D eigenvalue weighted by atomic mass is 19.1. The maximum Gasteiger partial charge on any atom is 0.150 e. The van der Waals surface area contributed by atoms with Crippen LogP contribution in [-0.4, -0.2) is 4.98 Å². The van der Waals surface area contributed by atoms with Gasteiger partial charge >= 0.3 is 0 Å². The van der Waals surface area contributed by atoms with Crippen LogP contribution < -0.4 is 11.1 Å². The van der Waals surface area contributed by atoms with Crippen LogP contribution in [0.5, 0.6) is 0 Å². The molecule has 3 rings (SSSR count). The molecule has 1 heterocycles. The zero-order chi connectivity index (χ0) is 15.0. The first-order valence-corrected chi connectivity index (χ1v) is 6.11. The van der Waals surface area contributed by atoms with Crippen molar-refractivity contribution < 1.29 is 13.2 Å². The smallest absolute Gasteiger partial charge is 0.150 e. The summed E-state index contributed by atoms with van der Waals surface area (Å²) < 4.78 is 41.5. The van der Waals surface area contributed by atoms with E-state index in [1.54, 1.807) is 12.1 Å². The highest BCUT2D eigenvalue weighted by Crippen LogP contribution is 2.33. The number of nitrogens with two attached hydrogens (primary N) is 1. The van der Waals surface area contributed by atoms with Crippen molar-refractivity contribution in [3.8, 4) is 0 Å². The van der Waals surface area contributed by atoms with Crippen LogP contribution in [0, 0.1) is 17.5 Å². The summed E-state index contributed by atoms with van der Waals surface area (Å²) in [6, 6.07) is 7.77. The van der Waals surface area contributed by atoms with Crippen molar-refractivity contribution in [2.75, 3.05) is 11.1 Å². The van der Waals surface area contributed by atoms with E-state index in [1.165, 1.54) is 12.3 Å². The Labute approximate surface area is 118 Å². The number of hydrogen-bond acceptors (Lipinski definition) is 3. The molecule has 3 nitrogen and oxygen atoms in total. The lowest BCUT2D eigenvalue weighted by atomic mass is 10.1. The minimum atomic E-state index is -0.824. The lowest BCUT2D eigenvalue weighted by molar-refractivity contribution is 0.589. The summed E-state index contributed by atoms with van der Waals surface area (Å²) in [4.78, 5) is 4.03. The Morgan fingerprint density at radius 3 is 2.33 bits per heavy atom. The topological polar surface area (TPSA) is 50.9 Å². The van der Waals surface area contributed by atoms with E-state index in [0.717, 1.165) is 18.2 Å². The van der Waals surface area contributed by atoms with Gasteiger partial charge in [-0.25, -0.2) is 13.2 Å². The van der Waals surface area contributed by atoms with E-state index in [0.29, 0.717) is 5.39 Å². The number of hydrogen-bond donors (Lipinski definition) is 2. The molecule has 0 amide bonds. The van der Waals surface area contributed by atoms with Gasteiger partial charge in [0.1, 0.15) is 23.0 Å². The fourth-order valence-corrected chi connectivity index (χ4v) is 2.10. The minimum absolute atomic E-state index is 0.121. The second kappa shape index (κ2) is 4.97. The van der Waals surface area contributed by atoms with E-state index < -0.39 is 23.1 Å². The molecule has 106 valence electrons. The fraction of sp³-hybridized carbons (Fsp3) is 0. The number of benzene rings is 2. The van der Waals surface area contributed by atoms with Gasteiger partial charge in [-0.3, -0.25) is 4.98 Å². The Balaban J connectivity index is 2.22. The molecule has 0 atom stereocenters. The molecule has 6 heteroatoms. The maximum absolute atomic E-state index is 14.1. The van der Waals surface area contributed by atoms with Crippen LogP contribution in [0.3, 0.4) is 0 Å². The molecule has 0 spiro atoms. The third kappa shape index (κ3) is 2.24. The van der Waals surface area contributed by atoms with E-state index in [1.807, 2.05) is 0 Å². The Hall–Kier alpha value is -2.76. The van der Waals surface area contributed by atoms with Gasteiger partial charge in [0, 0.05) is 17.3 Å². The molecular weight excluding hydrogens is 279 g/mol. The number of rotatable bonds is 2. The van der Waals surface area contributed by atoms with Crippen LogP contribution in [0.4, 0.5) is 30.2 Å². The van der Waals surface area contributed by atoms with Crippen molar-refractivity contribution in [1.82, 2.24) is 4.98 Å². The molecule has 0 bridgehead atoms. The van der Waals surface area contributed by atoms with Crippen molar-refractivity contribution >= 4 is 28.0 Å². The van der Waals surface area contributed by atoms with Crippen LogP contribution in [0.25, 0.3) is 10.9 Å². The summed E-state index contributed by atoms with van der Waals surface area (Å²) in [5.74, 6) is -2.38. The zero-order valence-corrected chi connectivity index (χ0v) is 10.7. The number of halogens is 3. The molecule has 3 N–H and O–H groups in total. The van der Waals surface area contributed by atoms with Crippen LogP contribution in [0.2, 0.25) is 0 Å². The van der Waals surface area contributed by atoms with Crippen molar-refractivity contribution in [2.45, 2.75) is 0 Å². The average molecular weight is 289 g/mol. The van der Waals surface area contributed by atoms with E-state index >= 15 is 0 Å². The van der Waals surface area contributed by atoms with E-state index in [4.69, 9.17) is 5.73 Å². The van der Waals surface area contributed by atoms with Gasteiger partial charge in [0.25, 0.3) is 0 Å². The number of para-hydroxylation sites is 1. The van der Waals surface area contributed by atoms with Gasteiger partial charge in [0.2, 0.25) is 0 Å². The monoisotopic (exact) mass is 289 g/mol. The number of anilines is 3. The van der Waals surface area contributed by atoms with Gasteiger partial charge in [-0.1, -0.05) is 6.07 Å². The van der Waals surface area contributed by atoms with Crippen molar-refractivity contribution in [2.24, 2.45) is 0 Å². The molecule has 21 heavy (non-hydrogen) atoms. The molecule has 0 aliphatic heterocycles. The molecule has 0 aliphatic carbocycles. The Kier molecular flexibility index (Phi) is 3.13. The van der Waals surface area contributed by atoms with Gasteiger partial charge < -0.3 is 11.1 Å². The fourth-order valence-electron chi connectivity index (χ4n) is 2.10. The summed E-state index contributed by atoms with van der Waals surface area (Å²) in [6.07, 6.45) is 1.45. The van der Waals surface area contributed by atoms with Crippen molar-refractivity contribution in [3.05, 3.63) is 60.0 Å². The Morgan fingerprint density at radius 1 is 0.905 bits per heavy atom. The minimum Gasteiger partial charge on any atom is -0.398 e. The molecule has 2 aromatic carbocycles. The summed E-state index contributed by atoms with van der Waals surface area (Å²) in [7, 11) is 0. The summed E-state index contributed by atoms with van der Waals surface area (Å²) in [5, 5.41) is 2.93. The maximum atomic E-state index is 14.1. The standard InChI is InChI=1S/C15H10F3N3/c16-9-4-1-5-10(17)14(9)21-15-11(18)7-12(19)8-3-2-6-20-13(8)15/h1-7,21H,19H2. The lowest BCUT2D eigenvalue weighted by Crippen LogP contribution is -2.02. The Morgan fingerprint density at radius 2 is 1.62 bits per heavy atom. The third-order valence-corrected chi connectivity index (χ3v) is 3.09. The van der Waals surface area contributed by atoms with Gasteiger partial charge in [-0.15, -0.1) is 0 Å². The summed E-state index contributed by atoms with van der Waals surface area (Å²) in [5.41, 5.74) is 5.57. The summed E-state index contributed by atoms with van der Waals surface area (Å²) in [6.45, 7) is 0. The third-order valence-electron chi connectivity index (χ3n) is 3.09. The number of nitrogen functional groups attached to an aromatic ring is 1. The predicted molar refractivity (Wildman–Crippen MR) is 75.8 cm³/mol.